The van der Waals surface area contributed by atoms with Crippen molar-refractivity contribution >= 4 is 5.96 Å². The Bertz CT molecular complexity index is 515. The number of rotatable bonds is 8. The van der Waals surface area contributed by atoms with E-state index in [1.54, 1.807) is 7.11 Å². The van der Waals surface area contributed by atoms with Gasteiger partial charge in [-0.05, 0) is 50.6 Å². The van der Waals surface area contributed by atoms with Gasteiger partial charge in [0.1, 0.15) is 5.75 Å². The van der Waals surface area contributed by atoms with Crippen LogP contribution in [0.15, 0.2) is 29.3 Å². The number of aliphatic hydroxyl groups excluding tert-OH is 1. The van der Waals surface area contributed by atoms with Crippen LogP contribution in [0, 0.1) is 0 Å². The second-order valence-electron chi connectivity index (χ2n) is 5.91. The van der Waals surface area contributed by atoms with Crippen molar-refractivity contribution in [2.75, 3.05) is 46.4 Å². The van der Waals surface area contributed by atoms with Crippen molar-refractivity contribution in [3.05, 3.63) is 29.8 Å². The topological polar surface area (TPSA) is 69.1 Å². The van der Waals surface area contributed by atoms with E-state index < -0.39 is 0 Å². The largest absolute Gasteiger partial charge is 0.497 e. The molecule has 1 unspecified atom stereocenters. The van der Waals surface area contributed by atoms with E-state index in [4.69, 9.17) is 14.8 Å². The number of nitrogens with zero attached hydrogens (tertiary/aromatic N) is 2. The molecule has 0 saturated carbocycles. The molecule has 1 aliphatic heterocycles. The first-order valence-electron chi connectivity index (χ1n) is 8.79. The van der Waals surface area contributed by atoms with Gasteiger partial charge >= 0.3 is 0 Å². The number of aliphatic hydroxyl groups is 1. The highest BCUT2D eigenvalue weighted by atomic mass is 16.5. The monoisotopic (exact) mass is 334 g/mol. The third-order valence-corrected chi connectivity index (χ3v) is 4.23. The van der Waals surface area contributed by atoms with Crippen LogP contribution in [0.3, 0.4) is 0 Å². The number of ether oxygens (including phenoxy) is 1. The average Bonchev–Trinajstić information content (AvgIpc) is 3.14. The predicted octanol–water partition coefficient (Wildman–Crippen LogP) is 1.38. The first-order valence-corrected chi connectivity index (χ1v) is 8.79. The lowest BCUT2D eigenvalue weighted by Gasteiger charge is -2.27. The summed E-state index contributed by atoms with van der Waals surface area (Å²) in [4.78, 5) is 7.22. The molecule has 1 aromatic rings. The Morgan fingerprint density at radius 1 is 1.33 bits per heavy atom. The normalized spacial score (nSPS) is 16.9. The van der Waals surface area contributed by atoms with Crippen LogP contribution in [0.2, 0.25) is 0 Å². The zero-order valence-electron chi connectivity index (χ0n) is 14.8. The van der Waals surface area contributed by atoms with Crippen molar-refractivity contribution in [2.24, 2.45) is 4.99 Å². The number of hydrogen-bond donors (Lipinski definition) is 3. The fourth-order valence-electron chi connectivity index (χ4n) is 3.03. The molecule has 0 bridgehead atoms. The second-order valence-corrected chi connectivity index (χ2v) is 5.91. The lowest BCUT2D eigenvalue weighted by molar-refractivity contribution is 0.251. The quantitative estimate of drug-likeness (QED) is 0.495. The maximum Gasteiger partial charge on any atom is 0.191 e. The highest BCUT2D eigenvalue weighted by molar-refractivity contribution is 5.79. The van der Waals surface area contributed by atoms with Crippen LogP contribution in [-0.4, -0.2) is 62.4 Å². The number of likely N-dealkylation sites (tertiary alicyclic amines) is 1. The number of nitrogens with one attached hydrogen (secondary N) is 2. The number of methoxy groups -OCH3 is 1. The summed E-state index contributed by atoms with van der Waals surface area (Å²) in [5, 5.41) is 15.4. The summed E-state index contributed by atoms with van der Waals surface area (Å²) >= 11 is 0. The molecule has 24 heavy (non-hydrogen) atoms. The van der Waals surface area contributed by atoms with Gasteiger partial charge in [-0.25, -0.2) is 0 Å². The molecule has 1 aliphatic rings. The number of guanidine groups is 1. The summed E-state index contributed by atoms with van der Waals surface area (Å²) in [7, 11) is 1.70. The van der Waals surface area contributed by atoms with Gasteiger partial charge < -0.3 is 20.5 Å². The molecule has 0 aliphatic carbocycles. The molecule has 134 valence electrons. The van der Waals surface area contributed by atoms with Crippen molar-refractivity contribution in [1.82, 2.24) is 15.5 Å². The van der Waals surface area contributed by atoms with E-state index in [2.05, 4.69) is 27.7 Å². The lowest BCUT2D eigenvalue weighted by Crippen LogP contribution is -2.39. The van der Waals surface area contributed by atoms with Crippen LogP contribution in [-0.2, 0) is 0 Å². The van der Waals surface area contributed by atoms with Gasteiger partial charge in [0.2, 0.25) is 0 Å². The fourth-order valence-corrected chi connectivity index (χ4v) is 3.03. The van der Waals surface area contributed by atoms with Crippen LogP contribution in [0.1, 0.15) is 31.4 Å². The first-order chi connectivity index (χ1) is 11.8. The van der Waals surface area contributed by atoms with E-state index in [-0.39, 0.29) is 12.6 Å². The summed E-state index contributed by atoms with van der Waals surface area (Å²) in [5.74, 6) is 1.63. The molecule has 2 rings (SSSR count). The molecule has 0 aromatic heterocycles. The molecule has 1 saturated heterocycles. The molecular formula is C18H30N4O2. The minimum Gasteiger partial charge on any atom is -0.497 e. The Morgan fingerprint density at radius 3 is 2.79 bits per heavy atom. The Morgan fingerprint density at radius 2 is 2.12 bits per heavy atom. The van der Waals surface area contributed by atoms with Gasteiger partial charge in [-0.15, -0.1) is 0 Å². The average molecular weight is 334 g/mol. The molecule has 1 atom stereocenters. The van der Waals surface area contributed by atoms with E-state index in [9.17, 15) is 0 Å². The van der Waals surface area contributed by atoms with E-state index in [0.29, 0.717) is 13.1 Å². The van der Waals surface area contributed by atoms with Crippen LogP contribution in [0.4, 0.5) is 0 Å². The van der Waals surface area contributed by atoms with Gasteiger partial charge in [-0.3, -0.25) is 9.89 Å². The lowest BCUT2D eigenvalue weighted by atomic mass is 10.1. The molecule has 1 fully saturated rings. The maximum absolute atomic E-state index is 9.00. The van der Waals surface area contributed by atoms with Gasteiger partial charge in [0.05, 0.1) is 26.3 Å². The van der Waals surface area contributed by atoms with Crippen molar-refractivity contribution in [3.8, 4) is 5.75 Å². The van der Waals surface area contributed by atoms with Crippen molar-refractivity contribution < 1.29 is 9.84 Å². The minimum atomic E-state index is 0.0931. The maximum atomic E-state index is 9.00. The van der Waals surface area contributed by atoms with Gasteiger partial charge in [0, 0.05) is 13.1 Å². The van der Waals surface area contributed by atoms with Gasteiger partial charge in [0.15, 0.2) is 5.96 Å². The summed E-state index contributed by atoms with van der Waals surface area (Å²) in [6.07, 6.45) is 2.49. The Balaban J connectivity index is 2.15. The van der Waals surface area contributed by atoms with Gasteiger partial charge in [-0.2, -0.15) is 0 Å². The molecule has 0 amide bonds. The standard InChI is InChI=1S/C18H30N4O2/c1-3-19-18(20-9-12-23)21-14-17(22-10-4-5-11-22)15-7-6-8-16(13-15)24-2/h6-8,13,17,23H,3-5,9-12,14H2,1-2H3,(H2,19,20,21). The zero-order valence-corrected chi connectivity index (χ0v) is 14.8. The van der Waals surface area contributed by atoms with E-state index >= 15 is 0 Å². The summed E-state index contributed by atoms with van der Waals surface area (Å²) in [6, 6.07) is 8.51. The third kappa shape index (κ3) is 5.39. The Kier molecular flexibility index (Phi) is 7.85. The molecule has 1 heterocycles. The zero-order chi connectivity index (χ0) is 17.2. The third-order valence-electron chi connectivity index (χ3n) is 4.23. The number of benzene rings is 1. The highest BCUT2D eigenvalue weighted by Crippen LogP contribution is 2.27. The molecule has 0 radical (unpaired) electrons. The summed E-state index contributed by atoms with van der Waals surface area (Å²) in [6.45, 7) is 6.32. The second kappa shape index (κ2) is 10.2. The SMILES string of the molecule is CCNC(=NCC(c1cccc(OC)c1)N1CCCC1)NCCO. The van der Waals surface area contributed by atoms with Crippen LogP contribution in [0.25, 0.3) is 0 Å². The van der Waals surface area contributed by atoms with Crippen molar-refractivity contribution in [3.63, 3.8) is 0 Å². The van der Waals surface area contributed by atoms with Crippen LogP contribution < -0.4 is 15.4 Å². The number of aliphatic imine (C=N–C) groups is 1. The fraction of sp³-hybridized carbons (Fsp3) is 0.611. The minimum absolute atomic E-state index is 0.0931. The van der Waals surface area contributed by atoms with E-state index in [1.807, 2.05) is 19.1 Å². The predicted molar refractivity (Wildman–Crippen MR) is 97.6 cm³/mol. The summed E-state index contributed by atoms with van der Waals surface area (Å²) in [5.41, 5.74) is 1.23. The van der Waals surface area contributed by atoms with E-state index in [0.717, 1.165) is 31.3 Å². The van der Waals surface area contributed by atoms with Gasteiger partial charge in [0.25, 0.3) is 0 Å². The van der Waals surface area contributed by atoms with E-state index in [1.165, 1.54) is 18.4 Å². The smallest absolute Gasteiger partial charge is 0.191 e. The van der Waals surface area contributed by atoms with Crippen molar-refractivity contribution in [1.29, 1.82) is 0 Å². The Hall–Kier alpha value is -1.79. The van der Waals surface area contributed by atoms with Gasteiger partial charge in [-0.1, -0.05) is 12.1 Å². The highest BCUT2D eigenvalue weighted by Gasteiger charge is 2.23. The Labute approximate surface area is 144 Å². The molecule has 1 aromatic carbocycles. The van der Waals surface area contributed by atoms with Crippen molar-refractivity contribution in [2.45, 2.75) is 25.8 Å². The molecule has 6 nitrogen and oxygen atoms in total. The molecule has 0 spiro atoms. The molecular weight excluding hydrogens is 304 g/mol. The number of hydrogen-bond acceptors (Lipinski definition) is 4. The van der Waals surface area contributed by atoms with Crippen LogP contribution in [0.5, 0.6) is 5.75 Å². The van der Waals surface area contributed by atoms with Crippen LogP contribution >= 0.6 is 0 Å². The molecule has 3 N–H and O–H groups in total. The summed E-state index contributed by atoms with van der Waals surface area (Å²) < 4.78 is 5.38. The molecule has 6 heteroatoms. The first kappa shape index (κ1) is 18.5.